The summed E-state index contributed by atoms with van der Waals surface area (Å²) in [5, 5.41) is 2.64. The molecule has 0 aliphatic heterocycles. The van der Waals surface area contributed by atoms with Crippen LogP contribution in [0.25, 0.3) is 0 Å². The van der Waals surface area contributed by atoms with Gasteiger partial charge in [0.2, 0.25) is 5.91 Å². The predicted octanol–water partition coefficient (Wildman–Crippen LogP) is 5.15. The zero-order valence-corrected chi connectivity index (χ0v) is 14.1. The lowest BCUT2D eigenvalue weighted by Crippen LogP contribution is -2.20. The van der Waals surface area contributed by atoms with Gasteiger partial charge in [0.15, 0.2) is 6.61 Å². The Kier molecular flexibility index (Phi) is 6.55. The molecule has 0 spiro atoms. The number of hydrogen-bond donors (Lipinski definition) is 1. The van der Waals surface area contributed by atoms with Crippen LogP contribution in [0, 0.1) is 5.82 Å². The largest absolute Gasteiger partial charge is 0.482 e. The average molecular weight is 394 g/mol. The molecule has 0 atom stereocenters. The second kappa shape index (κ2) is 8.44. The Hall–Kier alpha value is -1.93. The SMILES string of the molecule is O=C(CSc1ccccc1F)Nc1cc(Cl)ccc1OCC(F)(F)F. The number of hydrogen-bond acceptors (Lipinski definition) is 3. The van der Waals surface area contributed by atoms with Gasteiger partial charge in [-0.2, -0.15) is 13.2 Å². The number of halogens is 5. The van der Waals surface area contributed by atoms with Crippen molar-refractivity contribution in [1.82, 2.24) is 0 Å². The first-order valence-corrected chi connectivity index (χ1v) is 8.27. The summed E-state index contributed by atoms with van der Waals surface area (Å²) >= 11 is 6.76. The summed E-state index contributed by atoms with van der Waals surface area (Å²) in [4.78, 5) is 12.3. The first-order chi connectivity index (χ1) is 11.7. The quantitative estimate of drug-likeness (QED) is 0.544. The second-order valence-electron chi connectivity index (χ2n) is 4.81. The van der Waals surface area contributed by atoms with Crippen molar-refractivity contribution in [3.8, 4) is 5.75 Å². The van der Waals surface area contributed by atoms with E-state index in [9.17, 15) is 22.4 Å². The smallest absolute Gasteiger partial charge is 0.422 e. The highest BCUT2D eigenvalue weighted by Crippen LogP contribution is 2.30. The minimum atomic E-state index is -4.51. The molecule has 0 aliphatic rings. The summed E-state index contributed by atoms with van der Waals surface area (Å²) in [6.45, 7) is -1.50. The molecule has 0 saturated heterocycles. The number of alkyl halides is 3. The van der Waals surface area contributed by atoms with Crippen LogP contribution in [-0.4, -0.2) is 24.4 Å². The van der Waals surface area contributed by atoms with Crippen molar-refractivity contribution in [1.29, 1.82) is 0 Å². The van der Waals surface area contributed by atoms with E-state index in [2.05, 4.69) is 10.1 Å². The Morgan fingerprint density at radius 2 is 1.92 bits per heavy atom. The zero-order chi connectivity index (χ0) is 18.4. The topological polar surface area (TPSA) is 38.3 Å². The number of carbonyl (C=O) groups is 1. The van der Waals surface area contributed by atoms with Crippen LogP contribution in [0.4, 0.5) is 23.2 Å². The standard InChI is InChI=1S/C16H12ClF4NO2S/c17-10-5-6-13(24-9-16(19,20)21)12(7-10)22-15(23)8-25-14-4-2-1-3-11(14)18/h1-7H,8-9H2,(H,22,23). The van der Waals surface area contributed by atoms with Crippen LogP contribution in [0.3, 0.4) is 0 Å². The maximum atomic E-state index is 13.5. The summed E-state index contributed by atoms with van der Waals surface area (Å²) < 4.78 is 55.0. The molecule has 3 nitrogen and oxygen atoms in total. The fourth-order valence-corrected chi connectivity index (χ4v) is 2.69. The van der Waals surface area contributed by atoms with E-state index < -0.39 is 24.5 Å². The lowest BCUT2D eigenvalue weighted by molar-refractivity contribution is -0.153. The Morgan fingerprint density at radius 1 is 1.20 bits per heavy atom. The monoisotopic (exact) mass is 393 g/mol. The maximum absolute atomic E-state index is 13.5. The van der Waals surface area contributed by atoms with Gasteiger partial charge in [-0.25, -0.2) is 4.39 Å². The lowest BCUT2D eigenvalue weighted by Gasteiger charge is -2.14. The van der Waals surface area contributed by atoms with Crippen molar-refractivity contribution < 1.29 is 27.1 Å². The Morgan fingerprint density at radius 3 is 2.60 bits per heavy atom. The molecule has 0 unspecified atom stereocenters. The molecule has 0 aromatic heterocycles. The fraction of sp³-hybridized carbons (Fsp3) is 0.188. The van der Waals surface area contributed by atoms with E-state index in [0.29, 0.717) is 0 Å². The van der Waals surface area contributed by atoms with Crippen molar-refractivity contribution in [2.45, 2.75) is 11.1 Å². The molecule has 25 heavy (non-hydrogen) atoms. The highest BCUT2D eigenvalue weighted by molar-refractivity contribution is 8.00. The van der Waals surface area contributed by atoms with Crippen LogP contribution in [0.1, 0.15) is 0 Å². The van der Waals surface area contributed by atoms with Gasteiger partial charge < -0.3 is 10.1 Å². The molecule has 134 valence electrons. The maximum Gasteiger partial charge on any atom is 0.422 e. The Balaban J connectivity index is 2.01. The third-order valence-electron chi connectivity index (χ3n) is 2.80. The van der Waals surface area contributed by atoms with Gasteiger partial charge in [-0.3, -0.25) is 4.79 Å². The van der Waals surface area contributed by atoms with Crippen molar-refractivity contribution in [3.63, 3.8) is 0 Å². The number of carbonyl (C=O) groups excluding carboxylic acids is 1. The van der Waals surface area contributed by atoms with Gasteiger partial charge in [0, 0.05) is 9.92 Å². The lowest BCUT2D eigenvalue weighted by atomic mass is 10.3. The van der Waals surface area contributed by atoms with E-state index in [1.807, 2.05) is 0 Å². The molecular formula is C16H12ClF4NO2S. The summed E-state index contributed by atoms with van der Waals surface area (Å²) in [5.41, 5.74) is 0.0101. The Bertz CT molecular complexity index is 755. The molecular weight excluding hydrogens is 382 g/mol. The highest BCUT2D eigenvalue weighted by Gasteiger charge is 2.29. The van der Waals surface area contributed by atoms with Crippen LogP contribution in [0.5, 0.6) is 5.75 Å². The van der Waals surface area contributed by atoms with Crippen molar-refractivity contribution in [2.24, 2.45) is 0 Å². The predicted molar refractivity (Wildman–Crippen MR) is 88.8 cm³/mol. The van der Waals surface area contributed by atoms with Crippen molar-refractivity contribution in [2.75, 3.05) is 17.7 Å². The number of thioether (sulfide) groups is 1. The number of nitrogens with one attached hydrogen (secondary N) is 1. The fourth-order valence-electron chi connectivity index (χ4n) is 1.78. The van der Waals surface area contributed by atoms with Crippen LogP contribution >= 0.6 is 23.4 Å². The van der Waals surface area contributed by atoms with Crippen LogP contribution < -0.4 is 10.1 Å². The molecule has 0 bridgehead atoms. The summed E-state index contributed by atoms with van der Waals surface area (Å²) in [6, 6.07) is 9.79. The van der Waals surface area contributed by atoms with Gasteiger partial charge in [0.05, 0.1) is 11.4 Å². The van der Waals surface area contributed by atoms with Crippen LogP contribution in [0.15, 0.2) is 47.4 Å². The first-order valence-electron chi connectivity index (χ1n) is 6.91. The molecule has 0 saturated carbocycles. The first kappa shape index (κ1) is 19.4. The molecule has 2 rings (SSSR count). The van der Waals surface area contributed by atoms with Crippen molar-refractivity contribution >= 4 is 35.0 Å². The molecule has 2 aromatic rings. The van der Waals surface area contributed by atoms with Crippen LogP contribution in [-0.2, 0) is 4.79 Å². The van der Waals surface area contributed by atoms with Gasteiger partial charge >= 0.3 is 6.18 Å². The summed E-state index contributed by atoms with van der Waals surface area (Å²) in [5.74, 6) is -1.29. The number of benzene rings is 2. The van der Waals surface area contributed by atoms with Gasteiger partial charge in [0.1, 0.15) is 11.6 Å². The Labute approximate surface area is 150 Å². The molecule has 2 aromatic carbocycles. The minimum Gasteiger partial charge on any atom is -0.482 e. The number of anilines is 1. The van der Waals surface area contributed by atoms with E-state index in [1.165, 1.54) is 36.4 Å². The summed E-state index contributed by atoms with van der Waals surface area (Å²) in [6.07, 6.45) is -4.51. The van der Waals surface area contributed by atoms with E-state index >= 15 is 0 Å². The van der Waals surface area contributed by atoms with Crippen LogP contribution in [0.2, 0.25) is 5.02 Å². The van der Waals surface area contributed by atoms with E-state index in [-0.39, 0.29) is 27.1 Å². The highest BCUT2D eigenvalue weighted by atomic mass is 35.5. The van der Waals surface area contributed by atoms with E-state index in [1.54, 1.807) is 6.07 Å². The normalized spacial score (nSPS) is 11.2. The number of amides is 1. The van der Waals surface area contributed by atoms with Gasteiger partial charge in [-0.1, -0.05) is 23.7 Å². The molecule has 0 fully saturated rings. The zero-order valence-electron chi connectivity index (χ0n) is 12.6. The number of rotatable bonds is 6. The molecule has 0 radical (unpaired) electrons. The molecule has 0 aliphatic carbocycles. The number of ether oxygens (including phenoxy) is 1. The third-order valence-corrected chi connectivity index (χ3v) is 4.09. The average Bonchev–Trinajstić information content (AvgIpc) is 2.52. The third kappa shape index (κ3) is 6.47. The van der Waals surface area contributed by atoms with Gasteiger partial charge in [0.25, 0.3) is 0 Å². The molecule has 9 heteroatoms. The van der Waals surface area contributed by atoms with E-state index in [4.69, 9.17) is 11.6 Å². The minimum absolute atomic E-state index is 0.0101. The molecule has 1 N–H and O–H groups in total. The second-order valence-corrected chi connectivity index (χ2v) is 6.27. The van der Waals surface area contributed by atoms with Gasteiger partial charge in [-0.05, 0) is 30.3 Å². The molecule has 1 amide bonds. The summed E-state index contributed by atoms with van der Waals surface area (Å²) in [7, 11) is 0. The van der Waals surface area contributed by atoms with E-state index in [0.717, 1.165) is 11.8 Å². The van der Waals surface area contributed by atoms with Crippen molar-refractivity contribution in [3.05, 3.63) is 53.3 Å². The van der Waals surface area contributed by atoms with Gasteiger partial charge in [-0.15, -0.1) is 11.8 Å². The molecule has 0 heterocycles.